The van der Waals surface area contributed by atoms with Crippen molar-refractivity contribution >= 4 is 27.5 Å². The molecule has 0 aliphatic heterocycles. The van der Waals surface area contributed by atoms with Gasteiger partial charge in [-0.1, -0.05) is 115 Å². The van der Waals surface area contributed by atoms with E-state index in [1.807, 2.05) is 97.9 Å². The average Bonchev–Trinajstić information content (AvgIpc) is 2.99. The Kier molecular flexibility index (Phi) is 6.80. The van der Waals surface area contributed by atoms with Gasteiger partial charge in [0.1, 0.15) is 11.5 Å². The molecule has 0 fully saturated rings. The zero-order valence-electron chi connectivity index (χ0n) is 21.7. The molecule has 39 heavy (non-hydrogen) atoms. The maximum absolute atomic E-state index is 13.8. The van der Waals surface area contributed by atoms with Crippen LogP contribution in [0.2, 0.25) is 0 Å². The van der Waals surface area contributed by atoms with Crippen LogP contribution in [0.5, 0.6) is 11.5 Å². The van der Waals surface area contributed by atoms with Crippen LogP contribution in [0.1, 0.15) is 35.6 Å². The fraction of sp³-hybridized carbons (Fsp3) is 0.0833. The molecule has 190 valence electrons. The van der Waals surface area contributed by atoms with E-state index in [1.54, 1.807) is 0 Å². The quantitative estimate of drug-likeness (QED) is 0.202. The zero-order chi connectivity index (χ0) is 26.6. The molecule has 0 bridgehead atoms. The van der Waals surface area contributed by atoms with Gasteiger partial charge in [-0.2, -0.15) is 0 Å². The lowest BCUT2D eigenvalue weighted by molar-refractivity contribution is -0.148. The predicted molar refractivity (Wildman–Crippen MR) is 157 cm³/mol. The van der Waals surface area contributed by atoms with Gasteiger partial charge < -0.3 is 9.47 Å². The monoisotopic (exact) mass is 508 g/mol. The van der Waals surface area contributed by atoms with E-state index in [2.05, 4.69) is 48.5 Å². The molecule has 0 radical (unpaired) electrons. The van der Waals surface area contributed by atoms with E-state index >= 15 is 0 Å². The van der Waals surface area contributed by atoms with E-state index < -0.39 is 12.0 Å². The van der Waals surface area contributed by atoms with Crippen molar-refractivity contribution in [1.82, 2.24) is 0 Å². The Balaban J connectivity index is 1.37. The molecule has 3 heteroatoms. The number of carbonyl (C=O) groups excluding carboxylic acids is 1. The first-order valence-electron chi connectivity index (χ1n) is 13.2. The minimum absolute atomic E-state index is 0.294. The summed E-state index contributed by atoms with van der Waals surface area (Å²) in [4.78, 5) is 13.8. The van der Waals surface area contributed by atoms with Crippen molar-refractivity contribution in [3.63, 3.8) is 0 Å². The second kappa shape index (κ2) is 10.8. The van der Waals surface area contributed by atoms with Gasteiger partial charge in [0.2, 0.25) is 0 Å². The molecule has 0 aliphatic carbocycles. The summed E-state index contributed by atoms with van der Waals surface area (Å²) < 4.78 is 12.4. The topological polar surface area (TPSA) is 35.5 Å². The number of para-hydroxylation sites is 1. The molecule has 0 N–H and O–H groups in total. The van der Waals surface area contributed by atoms with E-state index in [4.69, 9.17) is 9.47 Å². The van der Waals surface area contributed by atoms with Gasteiger partial charge >= 0.3 is 5.97 Å². The van der Waals surface area contributed by atoms with Gasteiger partial charge in [0, 0.05) is 11.1 Å². The summed E-state index contributed by atoms with van der Waals surface area (Å²) in [5, 5.41) is 4.35. The average molecular weight is 509 g/mol. The largest absolute Gasteiger partial charge is 0.457 e. The number of esters is 1. The van der Waals surface area contributed by atoms with E-state index in [-0.39, 0.29) is 5.97 Å². The van der Waals surface area contributed by atoms with E-state index in [1.165, 1.54) is 0 Å². The van der Waals surface area contributed by atoms with Crippen LogP contribution in [-0.4, -0.2) is 5.97 Å². The molecule has 0 saturated carbocycles. The van der Waals surface area contributed by atoms with Crippen molar-refractivity contribution in [1.29, 1.82) is 0 Å². The molecule has 6 aromatic rings. The van der Waals surface area contributed by atoms with Crippen LogP contribution in [0.15, 0.2) is 140 Å². The molecule has 0 heterocycles. The van der Waals surface area contributed by atoms with E-state index in [0.717, 1.165) is 44.0 Å². The second-order valence-corrected chi connectivity index (χ2v) is 9.66. The Bertz CT molecular complexity index is 1670. The molecule has 6 rings (SSSR count). The third-order valence-electron chi connectivity index (χ3n) is 7.14. The zero-order valence-corrected chi connectivity index (χ0v) is 21.7. The standard InChI is InChI=1S/C36H28O3/c1-25(28-16-9-19-30(24-28)38-29-17-3-2-4-18-29)36(37)39-35(33-22-10-14-26-12-5-7-20-31(26)33)34-23-11-15-27-13-6-8-21-32(27)34/h2-25,35H,1H3/t25-/m1/s1. The van der Waals surface area contributed by atoms with Crippen LogP contribution in [0.4, 0.5) is 0 Å². The number of benzene rings is 6. The van der Waals surface area contributed by atoms with E-state index in [9.17, 15) is 4.79 Å². The normalized spacial score (nSPS) is 11.9. The van der Waals surface area contributed by atoms with Crippen molar-refractivity contribution in [2.75, 3.05) is 0 Å². The molecule has 0 saturated heterocycles. The highest BCUT2D eigenvalue weighted by molar-refractivity contribution is 5.90. The van der Waals surface area contributed by atoms with Crippen molar-refractivity contribution in [3.05, 3.63) is 156 Å². The summed E-state index contributed by atoms with van der Waals surface area (Å²) in [6, 6.07) is 46.0. The molecule has 6 aromatic carbocycles. The Labute approximate surface area is 228 Å². The first kappa shape index (κ1) is 24.4. The van der Waals surface area contributed by atoms with Gasteiger partial charge in [0.15, 0.2) is 6.10 Å². The number of rotatable bonds is 7. The number of hydrogen-bond donors (Lipinski definition) is 0. The lowest BCUT2D eigenvalue weighted by Gasteiger charge is -2.24. The molecule has 0 unspecified atom stereocenters. The highest BCUT2D eigenvalue weighted by Crippen LogP contribution is 2.37. The van der Waals surface area contributed by atoms with E-state index in [0.29, 0.717) is 5.75 Å². The first-order valence-corrected chi connectivity index (χ1v) is 13.2. The van der Waals surface area contributed by atoms with Crippen LogP contribution in [0.25, 0.3) is 21.5 Å². The molecule has 3 nitrogen and oxygen atoms in total. The number of ether oxygens (including phenoxy) is 2. The Morgan fingerprint density at radius 3 is 1.72 bits per heavy atom. The van der Waals surface area contributed by atoms with Crippen LogP contribution < -0.4 is 4.74 Å². The lowest BCUT2D eigenvalue weighted by Crippen LogP contribution is -2.18. The summed E-state index contributed by atoms with van der Waals surface area (Å²) >= 11 is 0. The lowest BCUT2D eigenvalue weighted by atomic mass is 9.92. The maximum Gasteiger partial charge on any atom is 0.314 e. The fourth-order valence-corrected chi connectivity index (χ4v) is 5.08. The van der Waals surface area contributed by atoms with Crippen molar-refractivity contribution < 1.29 is 14.3 Å². The Hall–Kier alpha value is -4.89. The van der Waals surface area contributed by atoms with Gasteiger partial charge in [-0.3, -0.25) is 4.79 Å². The van der Waals surface area contributed by atoms with Gasteiger partial charge in [-0.05, 0) is 58.3 Å². The van der Waals surface area contributed by atoms with Crippen molar-refractivity contribution in [3.8, 4) is 11.5 Å². The van der Waals surface area contributed by atoms with Crippen LogP contribution in [-0.2, 0) is 9.53 Å². The first-order chi connectivity index (χ1) is 19.2. The third kappa shape index (κ3) is 5.12. The molecule has 1 atom stereocenters. The van der Waals surface area contributed by atoms with Gasteiger partial charge in [-0.15, -0.1) is 0 Å². The molecule has 0 aromatic heterocycles. The molecule has 0 amide bonds. The van der Waals surface area contributed by atoms with Crippen LogP contribution in [0, 0.1) is 0 Å². The summed E-state index contributed by atoms with van der Waals surface area (Å²) in [7, 11) is 0. The van der Waals surface area contributed by atoms with Gasteiger partial charge in [-0.25, -0.2) is 0 Å². The highest BCUT2D eigenvalue weighted by Gasteiger charge is 2.26. The molecular weight excluding hydrogens is 480 g/mol. The summed E-state index contributed by atoms with van der Waals surface area (Å²) in [5.74, 6) is 0.643. The second-order valence-electron chi connectivity index (χ2n) is 9.66. The summed E-state index contributed by atoms with van der Waals surface area (Å²) in [6.45, 7) is 1.88. The molecule has 0 aliphatic rings. The molecular formula is C36H28O3. The van der Waals surface area contributed by atoms with Crippen molar-refractivity contribution in [2.24, 2.45) is 0 Å². The van der Waals surface area contributed by atoms with Gasteiger partial charge in [0.05, 0.1) is 5.92 Å². The smallest absolute Gasteiger partial charge is 0.314 e. The fourth-order valence-electron chi connectivity index (χ4n) is 5.08. The summed E-state index contributed by atoms with van der Waals surface area (Å²) in [5.41, 5.74) is 2.76. The predicted octanol–water partition coefficient (Wildman–Crippen LogP) is 9.22. The van der Waals surface area contributed by atoms with Crippen LogP contribution >= 0.6 is 0 Å². The number of carbonyl (C=O) groups is 1. The third-order valence-corrected chi connectivity index (χ3v) is 7.14. The van der Waals surface area contributed by atoms with Gasteiger partial charge in [0.25, 0.3) is 0 Å². The number of hydrogen-bond acceptors (Lipinski definition) is 3. The maximum atomic E-state index is 13.8. The minimum atomic E-state index is -0.569. The Morgan fingerprint density at radius 1 is 0.564 bits per heavy atom. The molecule has 0 spiro atoms. The highest BCUT2D eigenvalue weighted by atomic mass is 16.5. The summed E-state index contributed by atoms with van der Waals surface area (Å²) in [6.07, 6.45) is -0.569. The number of fused-ring (bicyclic) bond motifs is 2. The SMILES string of the molecule is C[C@@H](C(=O)OC(c1cccc2ccccc12)c1cccc2ccccc12)c1cccc(Oc2ccccc2)c1. The van der Waals surface area contributed by atoms with Crippen LogP contribution in [0.3, 0.4) is 0 Å². The Morgan fingerprint density at radius 2 is 1.08 bits per heavy atom. The minimum Gasteiger partial charge on any atom is -0.457 e. The van der Waals surface area contributed by atoms with Crippen molar-refractivity contribution in [2.45, 2.75) is 18.9 Å².